The highest BCUT2D eigenvalue weighted by Crippen LogP contribution is 2.26. The van der Waals surface area contributed by atoms with Crippen molar-refractivity contribution in [3.63, 3.8) is 0 Å². The van der Waals surface area contributed by atoms with Crippen LogP contribution in [0.2, 0.25) is 0 Å². The molecule has 1 unspecified atom stereocenters. The maximum Gasteiger partial charge on any atom is 0.253 e. The van der Waals surface area contributed by atoms with Crippen LogP contribution in [-0.4, -0.2) is 23.5 Å². The number of carbonyl (C=O) groups is 1. The summed E-state index contributed by atoms with van der Waals surface area (Å²) in [6.45, 7) is 4.92. The number of anilines is 1. The Morgan fingerprint density at radius 3 is 2.85 bits per heavy atom. The van der Waals surface area contributed by atoms with Crippen molar-refractivity contribution in [1.82, 2.24) is 10.3 Å². The molecular formula is C16H25N3O. The van der Waals surface area contributed by atoms with Crippen LogP contribution in [0, 0.1) is 5.92 Å². The molecule has 1 aliphatic rings. The Bertz CT molecular complexity index is 441. The minimum absolute atomic E-state index is 0.00132. The molecule has 4 nitrogen and oxygen atoms in total. The van der Waals surface area contributed by atoms with E-state index in [1.54, 1.807) is 18.5 Å². The lowest BCUT2D eigenvalue weighted by atomic mass is 9.84. The Kier molecular flexibility index (Phi) is 5.39. The third-order valence-corrected chi connectivity index (χ3v) is 4.15. The first-order valence-corrected chi connectivity index (χ1v) is 7.71. The van der Waals surface area contributed by atoms with Gasteiger partial charge >= 0.3 is 0 Å². The number of rotatable bonds is 5. The van der Waals surface area contributed by atoms with Gasteiger partial charge in [-0.15, -0.1) is 0 Å². The molecule has 110 valence electrons. The summed E-state index contributed by atoms with van der Waals surface area (Å²) in [7, 11) is 0. The largest absolute Gasteiger partial charge is 0.383 e. The van der Waals surface area contributed by atoms with E-state index >= 15 is 0 Å². The van der Waals surface area contributed by atoms with Crippen LogP contribution in [0.1, 0.15) is 56.3 Å². The molecule has 1 saturated carbocycles. The molecule has 4 heteroatoms. The fourth-order valence-electron chi connectivity index (χ4n) is 2.96. The molecule has 20 heavy (non-hydrogen) atoms. The first kappa shape index (κ1) is 14.8. The third kappa shape index (κ3) is 3.71. The number of hydrogen-bond donors (Lipinski definition) is 2. The SMILES string of the molecule is CCNc1cnccc1C(=O)NC(C)C1CCCCC1. The van der Waals surface area contributed by atoms with Gasteiger partial charge in [0.25, 0.3) is 5.91 Å². The molecular weight excluding hydrogens is 250 g/mol. The predicted molar refractivity (Wildman–Crippen MR) is 81.9 cm³/mol. The first-order valence-electron chi connectivity index (χ1n) is 7.71. The number of hydrogen-bond acceptors (Lipinski definition) is 3. The van der Waals surface area contributed by atoms with Gasteiger partial charge in [0, 0.05) is 18.8 Å². The molecule has 2 rings (SSSR count). The molecule has 2 N–H and O–H groups in total. The van der Waals surface area contributed by atoms with Crippen molar-refractivity contribution in [2.45, 2.75) is 52.0 Å². The van der Waals surface area contributed by atoms with Crippen molar-refractivity contribution in [1.29, 1.82) is 0 Å². The lowest BCUT2D eigenvalue weighted by Gasteiger charge is -2.28. The zero-order valence-electron chi connectivity index (χ0n) is 12.5. The summed E-state index contributed by atoms with van der Waals surface area (Å²) in [5.74, 6) is 0.624. The number of pyridine rings is 1. The number of nitrogens with zero attached hydrogens (tertiary/aromatic N) is 1. The zero-order chi connectivity index (χ0) is 14.4. The Hall–Kier alpha value is -1.58. The van der Waals surface area contributed by atoms with Crippen LogP contribution < -0.4 is 10.6 Å². The van der Waals surface area contributed by atoms with Crippen molar-refractivity contribution < 1.29 is 4.79 Å². The number of nitrogens with one attached hydrogen (secondary N) is 2. The Labute approximate surface area is 121 Å². The molecule has 0 spiro atoms. The molecule has 0 aliphatic heterocycles. The second-order valence-electron chi connectivity index (χ2n) is 5.61. The number of aromatic nitrogens is 1. The Balaban J connectivity index is 2.00. The maximum atomic E-state index is 12.4. The fourth-order valence-corrected chi connectivity index (χ4v) is 2.96. The molecule has 0 radical (unpaired) electrons. The molecule has 1 atom stereocenters. The molecule has 1 heterocycles. The average molecular weight is 275 g/mol. The van der Waals surface area contributed by atoms with Gasteiger partial charge in [-0.1, -0.05) is 19.3 Å². The van der Waals surface area contributed by atoms with E-state index in [4.69, 9.17) is 0 Å². The second kappa shape index (κ2) is 7.27. The summed E-state index contributed by atoms with van der Waals surface area (Å²) in [4.78, 5) is 16.5. The van der Waals surface area contributed by atoms with Crippen molar-refractivity contribution in [2.24, 2.45) is 5.92 Å². The van der Waals surface area contributed by atoms with E-state index in [0.717, 1.165) is 12.2 Å². The van der Waals surface area contributed by atoms with Crippen LogP contribution in [0.25, 0.3) is 0 Å². The van der Waals surface area contributed by atoms with Gasteiger partial charge in [-0.2, -0.15) is 0 Å². The van der Waals surface area contributed by atoms with E-state index in [2.05, 4.69) is 22.5 Å². The highest BCUT2D eigenvalue weighted by Gasteiger charge is 2.22. The lowest BCUT2D eigenvalue weighted by molar-refractivity contribution is 0.0920. The number of carbonyl (C=O) groups excluding carboxylic acids is 1. The standard InChI is InChI=1S/C16H25N3O/c1-3-18-15-11-17-10-9-14(15)16(20)19-12(2)13-7-5-4-6-8-13/h9-13,18H,3-8H2,1-2H3,(H,19,20). The summed E-state index contributed by atoms with van der Waals surface area (Å²) in [5, 5.41) is 6.34. The molecule has 1 aliphatic carbocycles. The highest BCUT2D eigenvalue weighted by atomic mass is 16.1. The van der Waals surface area contributed by atoms with Gasteiger partial charge in [0.2, 0.25) is 0 Å². The van der Waals surface area contributed by atoms with Crippen molar-refractivity contribution in [2.75, 3.05) is 11.9 Å². The van der Waals surface area contributed by atoms with Crippen LogP contribution >= 0.6 is 0 Å². The summed E-state index contributed by atoms with van der Waals surface area (Å²) < 4.78 is 0. The summed E-state index contributed by atoms with van der Waals surface area (Å²) in [6, 6.07) is 2.02. The van der Waals surface area contributed by atoms with Gasteiger partial charge in [-0.3, -0.25) is 9.78 Å². The number of amides is 1. The van der Waals surface area contributed by atoms with E-state index in [9.17, 15) is 4.79 Å². The van der Waals surface area contributed by atoms with Gasteiger partial charge in [0.1, 0.15) is 0 Å². The van der Waals surface area contributed by atoms with E-state index in [0.29, 0.717) is 11.5 Å². The summed E-state index contributed by atoms with van der Waals surface area (Å²) in [6.07, 6.45) is 9.78. The van der Waals surface area contributed by atoms with Gasteiger partial charge in [-0.25, -0.2) is 0 Å². The fraction of sp³-hybridized carbons (Fsp3) is 0.625. The van der Waals surface area contributed by atoms with Gasteiger partial charge in [0.15, 0.2) is 0 Å². The predicted octanol–water partition coefficient (Wildman–Crippen LogP) is 3.21. The minimum Gasteiger partial charge on any atom is -0.383 e. The molecule has 0 aromatic carbocycles. The smallest absolute Gasteiger partial charge is 0.253 e. The van der Waals surface area contributed by atoms with Crippen LogP contribution in [0.3, 0.4) is 0 Å². The quantitative estimate of drug-likeness (QED) is 0.867. The Morgan fingerprint density at radius 2 is 2.15 bits per heavy atom. The second-order valence-corrected chi connectivity index (χ2v) is 5.61. The van der Waals surface area contributed by atoms with E-state index < -0.39 is 0 Å². The Morgan fingerprint density at radius 1 is 1.40 bits per heavy atom. The first-order chi connectivity index (χ1) is 9.72. The van der Waals surface area contributed by atoms with Crippen LogP contribution in [0.5, 0.6) is 0 Å². The molecule has 1 amide bonds. The van der Waals surface area contributed by atoms with Crippen molar-refractivity contribution in [3.8, 4) is 0 Å². The van der Waals surface area contributed by atoms with E-state index in [1.807, 2.05) is 6.92 Å². The molecule has 1 fully saturated rings. The third-order valence-electron chi connectivity index (χ3n) is 4.15. The topological polar surface area (TPSA) is 54.0 Å². The van der Waals surface area contributed by atoms with Crippen LogP contribution in [0.15, 0.2) is 18.5 Å². The van der Waals surface area contributed by atoms with E-state index in [-0.39, 0.29) is 11.9 Å². The molecule has 0 bridgehead atoms. The normalized spacial score (nSPS) is 17.5. The van der Waals surface area contributed by atoms with Gasteiger partial charge in [0.05, 0.1) is 17.4 Å². The summed E-state index contributed by atoms with van der Waals surface area (Å²) >= 11 is 0. The zero-order valence-corrected chi connectivity index (χ0v) is 12.5. The van der Waals surface area contributed by atoms with Crippen molar-refractivity contribution in [3.05, 3.63) is 24.0 Å². The molecule has 0 saturated heterocycles. The van der Waals surface area contributed by atoms with Crippen molar-refractivity contribution >= 4 is 11.6 Å². The molecule has 1 aromatic heterocycles. The van der Waals surface area contributed by atoms with Crippen LogP contribution in [0.4, 0.5) is 5.69 Å². The van der Waals surface area contributed by atoms with Gasteiger partial charge < -0.3 is 10.6 Å². The van der Waals surface area contributed by atoms with Gasteiger partial charge in [-0.05, 0) is 38.7 Å². The average Bonchev–Trinajstić information content (AvgIpc) is 2.49. The highest BCUT2D eigenvalue weighted by molar-refractivity contribution is 5.99. The lowest BCUT2D eigenvalue weighted by Crippen LogP contribution is -2.39. The monoisotopic (exact) mass is 275 g/mol. The summed E-state index contributed by atoms with van der Waals surface area (Å²) in [5.41, 5.74) is 1.49. The molecule has 1 aromatic rings. The van der Waals surface area contributed by atoms with E-state index in [1.165, 1.54) is 32.1 Å². The maximum absolute atomic E-state index is 12.4. The van der Waals surface area contributed by atoms with Crippen LogP contribution in [-0.2, 0) is 0 Å². The minimum atomic E-state index is 0.00132.